The summed E-state index contributed by atoms with van der Waals surface area (Å²) >= 11 is 0. The summed E-state index contributed by atoms with van der Waals surface area (Å²) in [5.41, 5.74) is 2.63. The lowest BCUT2D eigenvalue weighted by atomic mass is 10.1. The lowest BCUT2D eigenvalue weighted by Crippen LogP contribution is -1.97. The molecule has 88 valence electrons. The van der Waals surface area contributed by atoms with Gasteiger partial charge < -0.3 is 9.47 Å². The van der Waals surface area contributed by atoms with E-state index in [0.29, 0.717) is 13.2 Å². The highest BCUT2D eigenvalue weighted by Gasteiger charge is 1.94. The Bertz CT molecular complexity index is 304. The predicted molar refractivity (Wildman–Crippen MR) is 66.3 cm³/mol. The second-order valence-corrected chi connectivity index (χ2v) is 3.81. The molecule has 1 rings (SSSR count). The van der Waals surface area contributed by atoms with Crippen LogP contribution in [-0.2, 0) is 15.9 Å². The quantitative estimate of drug-likeness (QED) is 0.519. The first-order valence-electron chi connectivity index (χ1n) is 5.63. The van der Waals surface area contributed by atoms with E-state index in [1.807, 2.05) is 12.3 Å². The third-order valence-corrected chi connectivity index (χ3v) is 2.34. The van der Waals surface area contributed by atoms with Crippen molar-refractivity contribution in [3.05, 3.63) is 47.7 Å². The van der Waals surface area contributed by atoms with E-state index in [1.165, 1.54) is 11.1 Å². The van der Waals surface area contributed by atoms with Crippen LogP contribution in [0.3, 0.4) is 0 Å². The fourth-order valence-corrected chi connectivity index (χ4v) is 1.38. The van der Waals surface area contributed by atoms with Gasteiger partial charge in [-0.2, -0.15) is 0 Å². The molecule has 0 fully saturated rings. The SMILES string of the molecule is COCCO/C=C(\C)CCc1ccccc1. The van der Waals surface area contributed by atoms with Gasteiger partial charge in [0.15, 0.2) is 0 Å². The van der Waals surface area contributed by atoms with Crippen LogP contribution in [0.2, 0.25) is 0 Å². The highest BCUT2D eigenvalue weighted by atomic mass is 16.5. The lowest BCUT2D eigenvalue weighted by molar-refractivity contribution is 0.122. The minimum atomic E-state index is 0.624. The van der Waals surface area contributed by atoms with Crippen molar-refractivity contribution >= 4 is 0 Å². The molecule has 0 atom stereocenters. The van der Waals surface area contributed by atoms with Crippen LogP contribution in [0.5, 0.6) is 0 Å². The Morgan fingerprint density at radius 3 is 2.62 bits per heavy atom. The van der Waals surface area contributed by atoms with Crippen LogP contribution < -0.4 is 0 Å². The number of ether oxygens (including phenoxy) is 2. The smallest absolute Gasteiger partial charge is 0.111 e. The molecule has 1 aromatic rings. The van der Waals surface area contributed by atoms with Crippen molar-refractivity contribution in [2.24, 2.45) is 0 Å². The molecule has 0 bridgehead atoms. The van der Waals surface area contributed by atoms with Crippen molar-refractivity contribution in [2.75, 3.05) is 20.3 Å². The molecular formula is C14H20O2. The Labute approximate surface area is 97.9 Å². The van der Waals surface area contributed by atoms with Crippen LogP contribution in [0.15, 0.2) is 42.2 Å². The molecule has 0 heterocycles. The number of aryl methyl sites for hydroxylation is 1. The first-order chi connectivity index (χ1) is 7.83. The third kappa shape index (κ3) is 5.56. The van der Waals surface area contributed by atoms with Gasteiger partial charge >= 0.3 is 0 Å². The maximum Gasteiger partial charge on any atom is 0.111 e. The number of benzene rings is 1. The summed E-state index contributed by atoms with van der Waals surface area (Å²) in [5.74, 6) is 0. The number of hydrogen-bond donors (Lipinski definition) is 0. The fraction of sp³-hybridized carbons (Fsp3) is 0.429. The molecule has 2 nitrogen and oxygen atoms in total. The molecule has 0 saturated heterocycles. The van der Waals surface area contributed by atoms with E-state index in [1.54, 1.807) is 7.11 Å². The van der Waals surface area contributed by atoms with Crippen molar-refractivity contribution in [3.63, 3.8) is 0 Å². The Kier molecular flexibility index (Phi) is 6.35. The molecule has 0 amide bonds. The van der Waals surface area contributed by atoms with Crippen LogP contribution in [0, 0.1) is 0 Å². The third-order valence-electron chi connectivity index (χ3n) is 2.34. The summed E-state index contributed by atoms with van der Waals surface area (Å²) in [7, 11) is 1.68. The fourth-order valence-electron chi connectivity index (χ4n) is 1.38. The summed E-state index contributed by atoms with van der Waals surface area (Å²) in [4.78, 5) is 0. The van der Waals surface area contributed by atoms with Crippen LogP contribution in [0.25, 0.3) is 0 Å². The van der Waals surface area contributed by atoms with Crippen molar-refractivity contribution in [1.82, 2.24) is 0 Å². The van der Waals surface area contributed by atoms with Crippen molar-refractivity contribution in [3.8, 4) is 0 Å². The van der Waals surface area contributed by atoms with Crippen LogP contribution in [0.4, 0.5) is 0 Å². The van der Waals surface area contributed by atoms with Gasteiger partial charge in [0.05, 0.1) is 12.9 Å². The van der Waals surface area contributed by atoms with Crippen LogP contribution >= 0.6 is 0 Å². The lowest BCUT2D eigenvalue weighted by Gasteiger charge is -2.03. The van der Waals surface area contributed by atoms with Gasteiger partial charge in [0, 0.05) is 7.11 Å². The van der Waals surface area contributed by atoms with Gasteiger partial charge in [-0.05, 0) is 30.9 Å². The Hall–Kier alpha value is -1.28. The maximum absolute atomic E-state index is 5.34. The summed E-state index contributed by atoms with van der Waals surface area (Å²) in [6.45, 7) is 3.36. The average molecular weight is 220 g/mol. The van der Waals surface area contributed by atoms with Crippen molar-refractivity contribution < 1.29 is 9.47 Å². The molecule has 0 radical (unpaired) electrons. The van der Waals surface area contributed by atoms with E-state index in [-0.39, 0.29) is 0 Å². The first-order valence-corrected chi connectivity index (χ1v) is 5.63. The van der Waals surface area contributed by atoms with Gasteiger partial charge in [-0.15, -0.1) is 0 Å². The van der Waals surface area contributed by atoms with E-state index in [0.717, 1.165) is 12.8 Å². The second kappa shape index (κ2) is 7.94. The molecule has 0 aromatic heterocycles. The molecule has 16 heavy (non-hydrogen) atoms. The van der Waals surface area contributed by atoms with Gasteiger partial charge in [-0.1, -0.05) is 30.3 Å². The number of methoxy groups -OCH3 is 1. The maximum atomic E-state index is 5.34. The van der Waals surface area contributed by atoms with E-state index < -0.39 is 0 Å². The zero-order valence-electron chi connectivity index (χ0n) is 10.1. The van der Waals surface area contributed by atoms with E-state index >= 15 is 0 Å². The zero-order chi connectivity index (χ0) is 11.6. The summed E-state index contributed by atoms with van der Waals surface area (Å²) in [5, 5.41) is 0. The standard InChI is InChI=1S/C14H20O2/c1-13(12-16-11-10-15-2)8-9-14-6-4-3-5-7-14/h3-7,12H,8-11H2,1-2H3/b13-12+. The monoisotopic (exact) mass is 220 g/mol. The molecule has 0 aliphatic rings. The van der Waals surface area contributed by atoms with Crippen LogP contribution in [0.1, 0.15) is 18.9 Å². The summed E-state index contributed by atoms with van der Waals surface area (Å²) < 4.78 is 10.2. The van der Waals surface area contributed by atoms with Crippen molar-refractivity contribution in [1.29, 1.82) is 0 Å². The molecular weight excluding hydrogens is 200 g/mol. The van der Waals surface area contributed by atoms with Gasteiger partial charge in [-0.25, -0.2) is 0 Å². The van der Waals surface area contributed by atoms with E-state index in [4.69, 9.17) is 9.47 Å². The molecule has 0 aliphatic carbocycles. The highest BCUT2D eigenvalue weighted by Crippen LogP contribution is 2.08. The molecule has 2 heteroatoms. The molecule has 0 aliphatic heterocycles. The molecule has 1 aromatic carbocycles. The molecule has 0 saturated carbocycles. The highest BCUT2D eigenvalue weighted by molar-refractivity contribution is 5.16. The van der Waals surface area contributed by atoms with Crippen molar-refractivity contribution in [2.45, 2.75) is 19.8 Å². The minimum Gasteiger partial charge on any atom is -0.499 e. The predicted octanol–water partition coefficient (Wildman–Crippen LogP) is 3.19. The molecule has 0 N–H and O–H groups in total. The minimum absolute atomic E-state index is 0.624. The first kappa shape index (κ1) is 12.8. The van der Waals surface area contributed by atoms with Gasteiger partial charge in [0.25, 0.3) is 0 Å². The summed E-state index contributed by atoms with van der Waals surface area (Å²) in [6.07, 6.45) is 3.94. The Morgan fingerprint density at radius 1 is 1.19 bits per heavy atom. The zero-order valence-corrected chi connectivity index (χ0v) is 10.1. The summed E-state index contributed by atoms with van der Waals surface area (Å²) in [6, 6.07) is 10.5. The van der Waals surface area contributed by atoms with Gasteiger partial charge in [0.2, 0.25) is 0 Å². The number of allylic oxidation sites excluding steroid dienone is 1. The van der Waals surface area contributed by atoms with E-state index in [2.05, 4.69) is 31.2 Å². The average Bonchev–Trinajstić information content (AvgIpc) is 2.33. The normalized spacial score (nSPS) is 11.5. The topological polar surface area (TPSA) is 18.5 Å². The molecule has 0 unspecified atom stereocenters. The van der Waals surface area contributed by atoms with Crippen LogP contribution in [-0.4, -0.2) is 20.3 Å². The second-order valence-electron chi connectivity index (χ2n) is 3.81. The largest absolute Gasteiger partial charge is 0.499 e. The van der Waals surface area contributed by atoms with E-state index in [9.17, 15) is 0 Å². The molecule has 0 spiro atoms. The number of hydrogen-bond acceptors (Lipinski definition) is 2. The number of rotatable bonds is 7. The van der Waals surface area contributed by atoms with Gasteiger partial charge in [-0.3, -0.25) is 0 Å². The van der Waals surface area contributed by atoms with Gasteiger partial charge in [0.1, 0.15) is 6.61 Å². The Morgan fingerprint density at radius 2 is 1.94 bits per heavy atom. The Balaban J connectivity index is 2.21.